The van der Waals surface area contributed by atoms with Gasteiger partial charge in [-0.25, -0.2) is 4.68 Å². The summed E-state index contributed by atoms with van der Waals surface area (Å²) in [5.74, 6) is 0.0257. The second kappa shape index (κ2) is 7.62. The zero-order valence-corrected chi connectivity index (χ0v) is 14.3. The van der Waals surface area contributed by atoms with Gasteiger partial charge in [0.2, 0.25) is 0 Å². The predicted octanol–water partition coefficient (Wildman–Crippen LogP) is 2.43. The summed E-state index contributed by atoms with van der Waals surface area (Å²) >= 11 is 0. The molecule has 1 aromatic carbocycles. The summed E-state index contributed by atoms with van der Waals surface area (Å²) < 4.78 is 1.83. The number of nitrogens with zero attached hydrogens (tertiary/aromatic N) is 3. The zero-order valence-electron chi connectivity index (χ0n) is 13.5. The van der Waals surface area contributed by atoms with E-state index < -0.39 is 0 Å². The van der Waals surface area contributed by atoms with Crippen LogP contribution < -0.4 is 5.32 Å². The molecule has 1 fully saturated rings. The van der Waals surface area contributed by atoms with Gasteiger partial charge in [-0.3, -0.25) is 4.79 Å². The molecule has 0 saturated carbocycles. The van der Waals surface area contributed by atoms with Gasteiger partial charge in [0, 0.05) is 24.8 Å². The smallest absolute Gasteiger partial charge is 0.274 e. The molecular formula is C17H23ClN4O. The molecule has 1 aromatic heterocycles. The number of carbonyl (C=O) groups is 1. The molecule has 1 atom stereocenters. The molecule has 0 spiro atoms. The predicted molar refractivity (Wildman–Crippen MR) is 93.5 cm³/mol. The first-order valence-electron chi connectivity index (χ1n) is 7.77. The highest BCUT2D eigenvalue weighted by Gasteiger charge is 2.25. The number of likely N-dealkylation sites (tertiary alicyclic amines) is 1. The van der Waals surface area contributed by atoms with Crippen molar-refractivity contribution < 1.29 is 4.79 Å². The molecule has 124 valence electrons. The monoisotopic (exact) mass is 334 g/mol. The molecule has 2 aromatic rings. The summed E-state index contributed by atoms with van der Waals surface area (Å²) in [7, 11) is 1.95. The van der Waals surface area contributed by atoms with Crippen LogP contribution in [0.25, 0.3) is 5.69 Å². The SMILES string of the molecule is CNC1CCCN(C(=O)c2cc(C)n(-c3ccccc3)n2)C1.Cl. The van der Waals surface area contributed by atoms with Crippen molar-refractivity contribution in [3.05, 3.63) is 47.8 Å². The third-order valence-corrected chi connectivity index (χ3v) is 4.22. The number of hydrogen-bond acceptors (Lipinski definition) is 3. The maximum Gasteiger partial charge on any atom is 0.274 e. The fraction of sp³-hybridized carbons (Fsp3) is 0.412. The number of piperidine rings is 1. The molecule has 1 unspecified atom stereocenters. The molecular weight excluding hydrogens is 312 g/mol. The van der Waals surface area contributed by atoms with Crippen molar-refractivity contribution in [2.75, 3.05) is 20.1 Å². The fourth-order valence-electron chi connectivity index (χ4n) is 2.97. The third kappa shape index (κ3) is 3.74. The average Bonchev–Trinajstić information content (AvgIpc) is 2.97. The number of aromatic nitrogens is 2. The van der Waals surface area contributed by atoms with E-state index in [4.69, 9.17) is 0 Å². The highest BCUT2D eigenvalue weighted by atomic mass is 35.5. The van der Waals surface area contributed by atoms with Gasteiger partial charge in [-0.15, -0.1) is 12.4 Å². The van der Waals surface area contributed by atoms with E-state index in [9.17, 15) is 4.79 Å². The van der Waals surface area contributed by atoms with Crippen LogP contribution >= 0.6 is 12.4 Å². The highest BCUT2D eigenvalue weighted by molar-refractivity contribution is 5.92. The van der Waals surface area contributed by atoms with E-state index in [0.717, 1.165) is 37.3 Å². The van der Waals surface area contributed by atoms with Gasteiger partial charge in [0.1, 0.15) is 0 Å². The van der Waals surface area contributed by atoms with Crippen molar-refractivity contribution in [2.24, 2.45) is 0 Å². The Bertz CT molecular complexity index is 656. The molecule has 23 heavy (non-hydrogen) atoms. The van der Waals surface area contributed by atoms with Crippen LogP contribution in [0.1, 0.15) is 29.0 Å². The van der Waals surface area contributed by atoms with Crippen LogP contribution in [-0.2, 0) is 0 Å². The first-order valence-corrected chi connectivity index (χ1v) is 7.77. The minimum Gasteiger partial charge on any atom is -0.336 e. The highest BCUT2D eigenvalue weighted by Crippen LogP contribution is 2.16. The van der Waals surface area contributed by atoms with Crippen molar-refractivity contribution in [3.63, 3.8) is 0 Å². The molecule has 5 nitrogen and oxygen atoms in total. The number of aryl methyl sites for hydroxylation is 1. The van der Waals surface area contributed by atoms with Crippen LogP contribution in [0, 0.1) is 6.92 Å². The lowest BCUT2D eigenvalue weighted by Crippen LogP contribution is -2.47. The number of benzene rings is 1. The Morgan fingerprint density at radius 1 is 1.30 bits per heavy atom. The van der Waals surface area contributed by atoms with Crippen molar-refractivity contribution in [1.82, 2.24) is 20.0 Å². The Hall–Kier alpha value is -1.85. The third-order valence-electron chi connectivity index (χ3n) is 4.22. The fourth-order valence-corrected chi connectivity index (χ4v) is 2.97. The number of rotatable bonds is 3. The Morgan fingerprint density at radius 3 is 2.74 bits per heavy atom. The maximum atomic E-state index is 12.7. The van der Waals surface area contributed by atoms with Gasteiger partial charge in [0.25, 0.3) is 5.91 Å². The number of hydrogen-bond donors (Lipinski definition) is 1. The quantitative estimate of drug-likeness (QED) is 0.938. The van der Waals surface area contributed by atoms with Gasteiger partial charge in [-0.1, -0.05) is 18.2 Å². The molecule has 1 N–H and O–H groups in total. The number of nitrogens with one attached hydrogen (secondary N) is 1. The topological polar surface area (TPSA) is 50.2 Å². The van der Waals surface area contributed by atoms with E-state index in [0.29, 0.717) is 11.7 Å². The van der Waals surface area contributed by atoms with E-state index >= 15 is 0 Å². The lowest BCUT2D eigenvalue weighted by Gasteiger charge is -2.32. The first-order chi connectivity index (χ1) is 10.7. The van der Waals surface area contributed by atoms with Crippen LogP contribution in [0.4, 0.5) is 0 Å². The van der Waals surface area contributed by atoms with Crippen LogP contribution in [0.5, 0.6) is 0 Å². The summed E-state index contributed by atoms with van der Waals surface area (Å²) in [6, 6.07) is 12.2. The summed E-state index contributed by atoms with van der Waals surface area (Å²) in [6.45, 7) is 3.55. The van der Waals surface area contributed by atoms with Crippen molar-refractivity contribution >= 4 is 18.3 Å². The van der Waals surface area contributed by atoms with Gasteiger partial charge in [-0.2, -0.15) is 5.10 Å². The van der Waals surface area contributed by atoms with E-state index in [1.807, 2.05) is 60.0 Å². The van der Waals surface area contributed by atoms with Gasteiger partial charge in [-0.05, 0) is 45.0 Å². The summed E-state index contributed by atoms with van der Waals surface area (Å²) in [4.78, 5) is 14.6. The molecule has 3 rings (SSSR count). The Balaban J connectivity index is 0.00000192. The molecule has 1 aliphatic rings. The second-order valence-corrected chi connectivity index (χ2v) is 5.80. The molecule has 6 heteroatoms. The molecule has 2 heterocycles. The van der Waals surface area contributed by atoms with E-state index in [-0.39, 0.29) is 18.3 Å². The van der Waals surface area contributed by atoms with Crippen molar-refractivity contribution in [1.29, 1.82) is 0 Å². The van der Waals surface area contributed by atoms with Gasteiger partial charge < -0.3 is 10.2 Å². The van der Waals surface area contributed by atoms with E-state index in [1.165, 1.54) is 0 Å². The first kappa shape index (κ1) is 17.5. The summed E-state index contributed by atoms with van der Waals surface area (Å²) in [5.41, 5.74) is 2.47. The van der Waals surface area contributed by atoms with Crippen LogP contribution in [-0.4, -0.2) is 46.8 Å². The number of para-hydroxylation sites is 1. The lowest BCUT2D eigenvalue weighted by molar-refractivity contribution is 0.0691. The Morgan fingerprint density at radius 2 is 2.04 bits per heavy atom. The summed E-state index contributed by atoms with van der Waals surface area (Å²) in [5, 5.41) is 7.77. The minimum atomic E-state index is 0. The van der Waals surface area contributed by atoms with E-state index in [2.05, 4.69) is 10.4 Å². The van der Waals surface area contributed by atoms with Crippen LogP contribution in [0.3, 0.4) is 0 Å². The maximum absolute atomic E-state index is 12.7. The molecule has 1 amide bonds. The number of halogens is 1. The number of amides is 1. The molecule has 1 saturated heterocycles. The Labute approximate surface area is 143 Å². The van der Waals surface area contributed by atoms with E-state index in [1.54, 1.807) is 0 Å². The largest absolute Gasteiger partial charge is 0.336 e. The van der Waals surface area contributed by atoms with Crippen LogP contribution in [0.15, 0.2) is 36.4 Å². The van der Waals surface area contributed by atoms with Crippen molar-refractivity contribution in [3.8, 4) is 5.69 Å². The Kier molecular flexibility index (Phi) is 5.80. The van der Waals surface area contributed by atoms with Gasteiger partial charge in [0.15, 0.2) is 5.69 Å². The number of likely N-dealkylation sites (N-methyl/N-ethyl adjacent to an activating group) is 1. The van der Waals surface area contributed by atoms with Gasteiger partial charge in [0.05, 0.1) is 5.69 Å². The molecule has 0 radical (unpaired) electrons. The molecule has 1 aliphatic heterocycles. The van der Waals surface area contributed by atoms with Crippen molar-refractivity contribution in [2.45, 2.75) is 25.8 Å². The number of carbonyl (C=O) groups excluding carboxylic acids is 1. The standard InChI is InChI=1S/C17H22N4O.ClH/c1-13-11-16(19-21(13)15-8-4-3-5-9-15)17(22)20-10-6-7-14(12-20)18-2;/h3-5,8-9,11,14,18H,6-7,10,12H2,1-2H3;1H. The molecule has 0 bridgehead atoms. The average molecular weight is 335 g/mol. The zero-order chi connectivity index (χ0) is 15.5. The molecule has 0 aliphatic carbocycles. The lowest BCUT2D eigenvalue weighted by atomic mass is 10.1. The second-order valence-electron chi connectivity index (χ2n) is 5.80. The van der Waals surface area contributed by atoms with Gasteiger partial charge >= 0.3 is 0 Å². The van der Waals surface area contributed by atoms with Crippen LogP contribution in [0.2, 0.25) is 0 Å². The summed E-state index contributed by atoms with van der Waals surface area (Å²) in [6.07, 6.45) is 2.16. The minimum absolute atomic E-state index is 0. The normalized spacial score (nSPS) is 17.7.